The molecule has 2 fully saturated rings. The first-order chi connectivity index (χ1) is 5.77. The normalized spacial score (nSPS) is 26.4. The Morgan fingerprint density at radius 3 is 2.42 bits per heavy atom. The van der Waals surface area contributed by atoms with Crippen LogP contribution >= 0.6 is 0 Å². The maximum Gasteiger partial charge on any atom is 0.161 e. The van der Waals surface area contributed by atoms with E-state index in [0.717, 1.165) is 12.8 Å². The molecule has 2 saturated carbocycles. The van der Waals surface area contributed by atoms with Crippen LogP contribution in [0.1, 0.15) is 38.5 Å². The Balaban J connectivity index is 1.74. The first kappa shape index (κ1) is 8.24. The zero-order valence-electron chi connectivity index (χ0n) is 7.33. The molecule has 1 unspecified atom stereocenters. The van der Waals surface area contributed by atoms with E-state index in [1.54, 1.807) is 0 Å². The molecule has 0 bridgehead atoms. The maximum absolute atomic E-state index is 11.4. The third-order valence-electron chi connectivity index (χ3n) is 3.11. The van der Waals surface area contributed by atoms with Gasteiger partial charge in [0, 0.05) is 6.42 Å². The van der Waals surface area contributed by atoms with Crippen molar-refractivity contribution in [3.05, 3.63) is 0 Å². The molecule has 0 amide bonds. The molecule has 2 heteroatoms. The summed E-state index contributed by atoms with van der Waals surface area (Å²) in [7, 11) is 0. The van der Waals surface area contributed by atoms with Gasteiger partial charge < -0.3 is 5.11 Å². The monoisotopic (exact) mass is 168 g/mol. The Bertz CT molecular complexity index is 180. The Kier molecular flexibility index (Phi) is 2.18. The number of ketones is 1. The third kappa shape index (κ3) is 1.69. The second-order valence-corrected chi connectivity index (χ2v) is 4.25. The van der Waals surface area contributed by atoms with E-state index in [1.807, 2.05) is 0 Å². The van der Waals surface area contributed by atoms with Gasteiger partial charge in [-0.05, 0) is 24.7 Å². The summed E-state index contributed by atoms with van der Waals surface area (Å²) in [6.45, 7) is 0. The lowest BCUT2D eigenvalue weighted by Crippen LogP contribution is -2.26. The minimum absolute atomic E-state index is 0.0993. The first-order valence-electron chi connectivity index (χ1n) is 4.98. The molecule has 68 valence electrons. The highest BCUT2D eigenvalue weighted by Gasteiger charge is 2.35. The number of aliphatic hydroxyl groups is 1. The van der Waals surface area contributed by atoms with Crippen molar-refractivity contribution in [2.75, 3.05) is 0 Å². The van der Waals surface area contributed by atoms with Crippen LogP contribution in [0, 0.1) is 11.8 Å². The Hall–Kier alpha value is -0.370. The molecule has 0 aromatic rings. The van der Waals surface area contributed by atoms with Crippen molar-refractivity contribution in [3.63, 3.8) is 0 Å². The SMILES string of the molecule is O=C(CC1CCC1)C(O)C1CC1. The van der Waals surface area contributed by atoms with Crippen molar-refractivity contribution in [2.45, 2.75) is 44.6 Å². The van der Waals surface area contributed by atoms with Gasteiger partial charge in [-0.2, -0.15) is 0 Å². The molecule has 0 radical (unpaired) electrons. The Morgan fingerprint density at radius 1 is 1.33 bits per heavy atom. The summed E-state index contributed by atoms with van der Waals surface area (Å²) in [5.74, 6) is 1.02. The highest BCUT2D eigenvalue weighted by atomic mass is 16.3. The van der Waals surface area contributed by atoms with Gasteiger partial charge in [0.25, 0.3) is 0 Å². The summed E-state index contributed by atoms with van der Waals surface area (Å²) in [6, 6.07) is 0. The van der Waals surface area contributed by atoms with Gasteiger partial charge in [-0.15, -0.1) is 0 Å². The molecule has 12 heavy (non-hydrogen) atoms. The zero-order chi connectivity index (χ0) is 8.55. The van der Waals surface area contributed by atoms with Crippen LogP contribution in [-0.2, 0) is 4.79 Å². The van der Waals surface area contributed by atoms with E-state index in [-0.39, 0.29) is 5.78 Å². The lowest BCUT2D eigenvalue weighted by atomic mass is 9.81. The fourth-order valence-electron chi connectivity index (χ4n) is 1.78. The van der Waals surface area contributed by atoms with Gasteiger partial charge in [0.15, 0.2) is 5.78 Å². The number of carbonyl (C=O) groups is 1. The predicted octanol–water partition coefficient (Wildman–Crippen LogP) is 1.52. The summed E-state index contributed by atoms with van der Waals surface area (Å²) in [5.41, 5.74) is 0. The van der Waals surface area contributed by atoms with Crippen molar-refractivity contribution in [1.82, 2.24) is 0 Å². The largest absolute Gasteiger partial charge is 0.385 e. The lowest BCUT2D eigenvalue weighted by molar-refractivity contribution is -0.129. The van der Waals surface area contributed by atoms with Crippen molar-refractivity contribution in [2.24, 2.45) is 11.8 Å². The average Bonchev–Trinajstić information content (AvgIpc) is 2.77. The summed E-state index contributed by atoms with van der Waals surface area (Å²) >= 11 is 0. The molecule has 1 N–H and O–H groups in total. The van der Waals surface area contributed by atoms with E-state index >= 15 is 0 Å². The minimum atomic E-state index is -0.620. The molecule has 0 aromatic carbocycles. The topological polar surface area (TPSA) is 37.3 Å². The van der Waals surface area contributed by atoms with E-state index < -0.39 is 6.10 Å². The van der Waals surface area contributed by atoms with Gasteiger partial charge >= 0.3 is 0 Å². The second kappa shape index (κ2) is 3.17. The van der Waals surface area contributed by atoms with Gasteiger partial charge in [-0.25, -0.2) is 0 Å². The van der Waals surface area contributed by atoms with Crippen molar-refractivity contribution in [1.29, 1.82) is 0 Å². The Morgan fingerprint density at radius 2 is 2.00 bits per heavy atom. The molecule has 0 saturated heterocycles. The summed E-state index contributed by atoms with van der Waals surface area (Å²) < 4.78 is 0. The standard InChI is InChI=1S/C10H16O2/c11-9(6-7-2-1-3-7)10(12)8-4-5-8/h7-8,10,12H,1-6H2. The van der Waals surface area contributed by atoms with Crippen LogP contribution in [0.3, 0.4) is 0 Å². The highest BCUT2D eigenvalue weighted by Crippen LogP contribution is 2.36. The summed E-state index contributed by atoms with van der Waals surface area (Å²) in [4.78, 5) is 11.4. The number of carbonyl (C=O) groups excluding carboxylic acids is 1. The van der Waals surface area contributed by atoms with Gasteiger partial charge in [-0.1, -0.05) is 19.3 Å². The van der Waals surface area contributed by atoms with Gasteiger partial charge in [-0.3, -0.25) is 4.79 Å². The number of rotatable bonds is 4. The number of aliphatic hydroxyl groups excluding tert-OH is 1. The maximum atomic E-state index is 11.4. The fraction of sp³-hybridized carbons (Fsp3) is 0.900. The summed E-state index contributed by atoms with van der Waals surface area (Å²) in [6.07, 6.45) is 5.79. The molecule has 2 rings (SSSR count). The van der Waals surface area contributed by atoms with Gasteiger partial charge in [0.2, 0.25) is 0 Å². The van der Waals surface area contributed by atoms with Crippen LogP contribution in [0.25, 0.3) is 0 Å². The van der Waals surface area contributed by atoms with E-state index in [0.29, 0.717) is 18.3 Å². The van der Waals surface area contributed by atoms with Gasteiger partial charge in [0.05, 0.1) is 0 Å². The highest BCUT2D eigenvalue weighted by molar-refractivity contribution is 5.83. The molecule has 2 nitrogen and oxygen atoms in total. The average molecular weight is 168 g/mol. The van der Waals surface area contributed by atoms with E-state index in [4.69, 9.17) is 0 Å². The smallest absolute Gasteiger partial charge is 0.161 e. The first-order valence-corrected chi connectivity index (χ1v) is 4.98. The molecule has 0 heterocycles. The number of hydrogen-bond donors (Lipinski definition) is 1. The van der Waals surface area contributed by atoms with Crippen molar-refractivity contribution < 1.29 is 9.90 Å². The summed E-state index contributed by atoms with van der Waals surface area (Å²) in [5, 5.41) is 9.48. The molecule has 0 aromatic heterocycles. The van der Waals surface area contributed by atoms with Crippen LogP contribution in [0.4, 0.5) is 0 Å². The predicted molar refractivity (Wildman–Crippen MR) is 45.7 cm³/mol. The molecule has 0 spiro atoms. The van der Waals surface area contributed by atoms with E-state index in [1.165, 1.54) is 19.3 Å². The van der Waals surface area contributed by atoms with Crippen LogP contribution in [0.15, 0.2) is 0 Å². The zero-order valence-corrected chi connectivity index (χ0v) is 7.33. The second-order valence-electron chi connectivity index (χ2n) is 4.25. The van der Waals surface area contributed by atoms with Crippen LogP contribution in [0.2, 0.25) is 0 Å². The number of hydrogen-bond acceptors (Lipinski definition) is 2. The third-order valence-corrected chi connectivity index (χ3v) is 3.11. The molecule has 2 aliphatic rings. The van der Waals surface area contributed by atoms with Crippen LogP contribution in [0.5, 0.6) is 0 Å². The molecule has 0 aliphatic heterocycles. The lowest BCUT2D eigenvalue weighted by Gasteiger charge is -2.25. The van der Waals surface area contributed by atoms with Crippen LogP contribution in [-0.4, -0.2) is 17.0 Å². The van der Waals surface area contributed by atoms with Crippen LogP contribution < -0.4 is 0 Å². The Labute approximate surface area is 73.0 Å². The number of Topliss-reactive ketones (excluding diaryl/α,β-unsaturated/α-hetero) is 1. The molecular weight excluding hydrogens is 152 g/mol. The van der Waals surface area contributed by atoms with E-state index in [2.05, 4.69) is 0 Å². The van der Waals surface area contributed by atoms with Crippen molar-refractivity contribution in [3.8, 4) is 0 Å². The van der Waals surface area contributed by atoms with Crippen molar-refractivity contribution >= 4 is 5.78 Å². The molecule has 2 aliphatic carbocycles. The molecule has 1 atom stereocenters. The fourth-order valence-corrected chi connectivity index (χ4v) is 1.78. The quantitative estimate of drug-likeness (QED) is 0.691. The van der Waals surface area contributed by atoms with Gasteiger partial charge in [0.1, 0.15) is 6.10 Å². The van der Waals surface area contributed by atoms with E-state index in [9.17, 15) is 9.90 Å². The minimum Gasteiger partial charge on any atom is -0.385 e. The molecular formula is C10H16O2.